The zero-order chi connectivity index (χ0) is 19.5. The highest BCUT2D eigenvalue weighted by Crippen LogP contribution is 2.37. The minimum absolute atomic E-state index is 0.279. The average Bonchev–Trinajstić information content (AvgIpc) is 3.10. The van der Waals surface area contributed by atoms with Gasteiger partial charge in [-0.25, -0.2) is 10.4 Å². The third-order valence-electron chi connectivity index (χ3n) is 4.03. The third-order valence-corrected chi connectivity index (χ3v) is 5.28. The van der Waals surface area contributed by atoms with Crippen LogP contribution in [0.15, 0.2) is 41.5 Å². The molecule has 7 nitrogen and oxygen atoms in total. The maximum Gasteiger partial charge on any atom is 0.262 e. The molecule has 1 aliphatic heterocycles. The Balaban J connectivity index is 1.37. The lowest BCUT2D eigenvalue weighted by Gasteiger charge is -2.19. The van der Waals surface area contributed by atoms with Gasteiger partial charge in [0, 0.05) is 0 Å². The number of amides is 1. The minimum Gasteiger partial charge on any atom is -0.486 e. The molecular weight excluding hydrogens is 400 g/mol. The Morgan fingerprint density at radius 2 is 2.14 bits per heavy atom. The molecule has 1 atom stereocenters. The van der Waals surface area contributed by atoms with Crippen LogP contribution in [-0.4, -0.2) is 36.4 Å². The smallest absolute Gasteiger partial charge is 0.262 e. The molecule has 1 amide bonds. The number of rotatable bonds is 5. The predicted molar refractivity (Wildman–Crippen MR) is 111 cm³/mol. The van der Waals surface area contributed by atoms with Crippen molar-refractivity contribution >= 4 is 50.4 Å². The van der Waals surface area contributed by atoms with Gasteiger partial charge < -0.3 is 14.8 Å². The number of fused-ring (bicyclic) bond motifs is 2. The molecule has 0 aliphatic carbocycles. The first-order valence-electron chi connectivity index (χ1n) is 8.64. The van der Waals surface area contributed by atoms with Gasteiger partial charge in [-0.1, -0.05) is 35.1 Å². The first kappa shape index (κ1) is 18.5. The highest BCUT2D eigenvalue weighted by Gasteiger charge is 2.17. The summed E-state index contributed by atoms with van der Waals surface area (Å²) in [5.41, 5.74) is 4.11. The van der Waals surface area contributed by atoms with Crippen molar-refractivity contribution < 1.29 is 14.3 Å². The van der Waals surface area contributed by atoms with Gasteiger partial charge in [0.1, 0.15) is 19.3 Å². The highest BCUT2D eigenvalue weighted by molar-refractivity contribution is 7.22. The van der Waals surface area contributed by atoms with E-state index in [9.17, 15) is 4.79 Å². The van der Waals surface area contributed by atoms with Gasteiger partial charge in [-0.2, -0.15) is 5.10 Å². The molecule has 0 unspecified atom stereocenters. The summed E-state index contributed by atoms with van der Waals surface area (Å²) in [5, 5.41) is 8.22. The Kier molecular flexibility index (Phi) is 5.31. The van der Waals surface area contributed by atoms with Crippen LogP contribution in [0.4, 0.5) is 5.13 Å². The molecule has 3 aromatic rings. The molecule has 4 rings (SSSR count). The lowest BCUT2D eigenvalue weighted by molar-refractivity contribution is -0.121. The van der Waals surface area contributed by atoms with E-state index < -0.39 is 6.04 Å². The molecule has 0 saturated carbocycles. The molecule has 2 heterocycles. The van der Waals surface area contributed by atoms with E-state index in [2.05, 4.69) is 20.8 Å². The van der Waals surface area contributed by atoms with Crippen molar-refractivity contribution in [3.63, 3.8) is 0 Å². The van der Waals surface area contributed by atoms with Crippen LogP contribution in [0.3, 0.4) is 0 Å². The standard InChI is InChI=1S/C19H17ClN4O3S/c1-11(22-19-23-14-4-2-3-5-16(14)28-19)18(25)24-21-10-12-8-13(20)17-15(9-12)26-6-7-27-17/h2-5,8-11H,6-7H2,1H3,(H,22,23)(H,24,25)/b21-10-/t11-/m0/s1. The molecule has 0 bridgehead atoms. The predicted octanol–water partition coefficient (Wildman–Crippen LogP) is 3.67. The SMILES string of the molecule is C[C@H](Nc1nc2ccccc2s1)C(=O)N/N=C\c1cc(Cl)c2c(c1)OCCO2. The molecule has 2 N–H and O–H groups in total. The second-order valence-corrected chi connectivity index (χ2v) is 7.55. The second-order valence-electron chi connectivity index (χ2n) is 6.11. The fourth-order valence-corrected chi connectivity index (χ4v) is 3.88. The Morgan fingerprint density at radius 1 is 1.32 bits per heavy atom. The number of aromatic nitrogens is 1. The molecule has 28 heavy (non-hydrogen) atoms. The second kappa shape index (κ2) is 8.04. The van der Waals surface area contributed by atoms with Crippen LogP contribution >= 0.6 is 22.9 Å². The van der Waals surface area contributed by atoms with Crippen LogP contribution < -0.4 is 20.2 Å². The van der Waals surface area contributed by atoms with E-state index in [1.54, 1.807) is 19.1 Å². The fraction of sp³-hybridized carbons (Fsp3) is 0.211. The normalized spacial score (nSPS) is 14.2. The van der Waals surface area contributed by atoms with Crippen molar-refractivity contribution in [2.75, 3.05) is 18.5 Å². The summed E-state index contributed by atoms with van der Waals surface area (Å²) in [6.07, 6.45) is 1.51. The number of para-hydroxylation sites is 1. The number of hydrazone groups is 1. The van der Waals surface area contributed by atoms with Crippen LogP contribution in [0.5, 0.6) is 11.5 Å². The number of ether oxygens (including phenoxy) is 2. The molecule has 9 heteroatoms. The van der Waals surface area contributed by atoms with E-state index >= 15 is 0 Å². The van der Waals surface area contributed by atoms with E-state index in [0.29, 0.717) is 40.4 Å². The van der Waals surface area contributed by atoms with Gasteiger partial charge in [-0.05, 0) is 36.8 Å². The van der Waals surface area contributed by atoms with Crippen molar-refractivity contribution in [2.45, 2.75) is 13.0 Å². The first-order valence-corrected chi connectivity index (χ1v) is 9.84. The number of benzene rings is 2. The molecular formula is C19H17ClN4O3S. The number of carbonyl (C=O) groups is 1. The van der Waals surface area contributed by atoms with Crippen molar-refractivity contribution in [3.05, 3.63) is 47.0 Å². The van der Waals surface area contributed by atoms with Gasteiger partial charge in [0.15, 0.2) is 16.6 Å². The lowest BCUT2D eigenvalue weighted by atomic mass is 10.2. The van der Waals surface area contributed by atoms with Gasteiger partial charge in [0.25, 0.3) is 5.91 Å². The number of anilines is 1. The Bertz CT molecular complexity index is 1020. The molecule has 2 aromatic carbocycles. The number of nitrogens with one attached hydrogen (secondary N) is 2. The summed E-state index contributed by atoms with van der Waals surface area (Å²) in [7, 11) is 0. The van der Waals surface area contributed by atoms with Crippen molar-refractivity contribution in [1.82, 2.24) is 10.4 Å². The van der Waals surface area contributed by atoms with Gasteiger partial charge in [0.2, 0.25) is 0 Å². The van der Waals surface area contributed by atoms with Crippen LogP contribution in [0.2, 0.25) is 5.02 Å². The van der Waals surface area contributed by atoms with Crippen LogP contribution in [-0.2, 0) is 4.79 Å². The fourth-order valence-electron chi connectivity index (χ4n) is 2.66. The largest absolute Gasteiger partial charge is 0.486 e. The quantitative estimate of drug-likeness (QED) is 0.489. The summed E-state index contributed by atoms with van der Waals surface area (Å²) < 4.78 is 12.1. The summed E-state index contributed by atoms with van der Waals surface area (Å²) in [4.78, 5) is 16.7. The lowest BCUT2D eigenvalue weighted by Crippen LogP contribution is -2.34. The van der Waals surface area contributed by atoms with Gasteiger partial charge in [-0.3, -0.25) is 4.79 Å². The number of thiazole rings is 1. The van der Waals surface area contributed by atoms with E-state index in [4.69, 9.17) is 21.1 Å². The van der Waals surface area contributed by atoms with Crippen molar-refractivity contribution in [1.29, 1.82) is 0 Å². The maximum atomic E-state index is 12.3. The van der Waals surface area contributed by atoms with E-state index in [-0.39, 0.29) is 5.91 Å². The maximum absolute atomic E-state index is 12.3. The monoisotopic (exact) mass is 416 g/mol. The number of carbonyl (C=O) groups excluding carboxylic acids is 1. The summed E-state index contributed by atoms with van der Waals surface area (Å²) in [6.45, 7) is 2.68. The van der Waals surface area contributed by atoms with Gasteiger partial charge in [0.05, 0.1) is 21.5 Å². The number of hydrogen-bond acceptors (Lipinski definition) is 7. The van der Waals surface area contributed by atoms with Crippen LogP contribution in [0, 0.1) is 0 Å². The van der Waals surface area contributed by atoms with Crippen molar-refractivity contribution in [3.8, 4) is 11.5 Å². The number of halogens is 1. The Hall–Kier alpha value is -2.84. The van der Waals surface area contributed by atoms with E-state index in [1.807, 2.05) is 24.3 Å². The van der Waals surface area contributed by atoms with E-state index in [1.165, 1.54) is 17.6 Å². The zero-order valence-electron chi connectivity index (χ0n) is 14.9. The Morgan fingerprint density at radius 3 is 3.00 bits per heavy atom. The molecule has 144 valence electrons. The third kappa shape index (κ3) is 4.02. The molecule has 0 saturated heterocycles. The summed E-state index contributed by atoms with van der Waals surface area (Å²) >= 11 is 7.69. The molecule has 0 spiro atoms. The van der Waals surface area contributed by atoms with Crippen molar-refractivity contribution in [2.24, 2.45) is 5.10 Å². The summed E-state index contributed by atoms with van der Waals surface area (Å²) in [6, 6.07) is 10.8. The number of nitrogens with zero attached hydrogens (tertiary/aromatic N) is 2. The highest BCUT2D eigenvalue weighted by atomic mass is 35.5. The van der Waals surface area contributed by atoms with E-state index in [0.717, 1.165) is 10.2 Å². The topological polar surface area (TPSA) is 84.8 Å². The molecule has 0 radical (unpaired) electrons. The van der Waals surface area contributed by atoms with Crippen LogP contribution in [0.25, 0.3) is 10.2 Å². The summed E-state index contributed by atoms with van der Waals surface area (Å²) in [5.74, 6) is 0.819. The molecule has 0 fully saturated rings. The molecule has 1 aromatic heterocycles. The van der Waals surface area contributed by atoms with Gasteiger partial charge in [-0.15, -0.1) is 0 Å². The zero-order valence-corrected chi connectivity index (χ0v) is 16.5. The minimum atomic E-state index is -0.499. The first-order chi connectivity index (χ1) is 13.6. The Labute approximate surface area is 170 Å². The van der Waals surface area contributed by atoms with Crippen LogP contribution in [0.1, 0.15) is 12.5 Å². The number of hydrogen-bond donors (Lipinski definition) is 2. The van der Waals surface area contributed by atoms with Gasteiger partial charge >= 0.3 is 0 Å². The molecule has 1 aliphatic rings. The average molecular weight is 417 g/mol.